The summed E-state index contributed by atoms with van der Waals surface area (Å²) in [6.07, 6.45) is 1.10. The van der Waals surface area contributed by atoms with Gasteiger partial charge in [-0.05, 0) is 25.4 Å². The lowest BCUT2D eigenvalue weighted by Gasteiger charge is -2.35. The molecule has 0 bridgehead atoms. The average Bonchev–Trinajstić information content (AvgIpc) is 2.28. The van der Waals surface area contributed by atoms with Gasteiger partial charge in [0, 0.05) is 39.3 Å². The number of nitrogens with two attached hydrogens (primary N) is 1. The van der Waals surface area contributed by atoms with Crippen LogP contribution in [0.3, 0.4) is 0 Å². The van der Waals surface area contributed by atoms with Crippen LogP contribution < -0.4 is 5.73 Å². The number of rotatable bonds is 6. The van der Waals surface area contributed by atoms with Crippen LogP contribution in [0.15, 0.2) is 0 Å². The number of aliphatic hydroxyl groups excluding tert-OH is 1. The maximum Gasteiger partial charge on any atom is 0.0468 e. The molecule has 4 heteroatoms. The van der Waals surface area contributed by atoms with Crippen LogP contribution in [0.4, 0.5) is 0 Å². The van der Waals surface area contributed by atoms with Crippen LogP contribution in [0, 0.1) is 5.92 Å². The van der Waals surface area contributed by atoms with Gasteiger partial charge in [0.15, 0.2) is 0 Å². The predicted octanol–water partition coefficient (Wildman–Crippen LogP) is -0.419. The molecule has 1 fully saturated rings. The third-order valence-corrected chi connectivity index (χ3v) is 3.02. The molecule has 1 unspecified atom stereocenters. The molecule has 0 aliphatic carbocycles. The van der Waals surface area contributed by atoms with E-state index < -0.39 is 0 Å². The van der Waals surface area contributed by atoms with Crippen molar-refractivity contribution < 1.29 is 5.11 Å². The SMILES string of the molecule is CC(CO)CN1CCN(CCCN)CC1. The van der Waals surface area contributed by atoms with Crippen molar-refractivity contribution in [3.8, 4) is 0 Å². The highest BCUT2D eigenvalue weighted by Gasteiger charge is 2.17. The standard InChI is InChI=1S/C11H25N3O/c1-11(10-15)9-14-7-5-13(6-8-14)4-2-3-12/h11,15H,2-10,12H2,1H3. The first kappa shape index (κ1) is 12.9. The van der Waals surface area contributed by atoms with Gasteiger partial charge in [0.1, 0.15) is 0 Å². The number of hydrogen-bond donors (Lipinski definition) is 2. The van der Waals surface area contributed by atoms with Crippen LogP contribution >= 0.6 is 0 Å². The molecule has 90 valence electrons. The van der Waals surface area contributed by atoms with E-state index in [1.807, 2.05) is 0 Å². The molecule has 0 saturated carbocycles. The summed E-state index contributed by atoms with van der Waals surface area (Å²) in [6.45, 7) is 9.93. The van der Waals surface area contributed by atoms with Crippen LogP contribution in [0.5, 0.6) is 0 Å². The van der Waals surface area contributed by atoms with Gasteiger partial charge in [0.2, 0.25) is 0 Å². The van der Waals surface area contributed by atoms with Gasteiger partial charge < -0.3 is 20.6 Å². The molecule has 1 heterocycles. The van der Waals surface area contributed by atoms with Crippen LogP contribution in [0.1, 0.15) is 13.3 Å². The molecule has 0 aromatic rings. The van der Waals surface area contributed by atoms with E-state index in [9.17, 15) is 0 Å². The molecule has 0 radical (unpaired) electrons. The Balaban J connectivity index is 2.12. The average molecular weight is 215 g/mol. The fourth-order valence-electron chi connectivity index (χ4n) is 2.01. The Bertz CT molecular complexity index is 158. The minimum Gasteiger partial charge on any atom is -0.396 e. The van der Waals surface area contributed by atoms with Gasteiger partial charge in [0.05, 0.1) is 0 Å². The van der Waals surface area contributed by atoms with Gasteiger partial charge in [-0.2, -0.15) is 0 Å². The summed E-state index contributed by atoms with van der Waals surface area (Å²) in [4.78, 5) is 4.92. The molecule has 15 heavy (non-hydrogen) atoms. The van der Waals surface area contributed by atoms with E-state index in [0.717, 1.165) is 52.2 Å². The first-order valence-electron chi connectivity index (χ1n) is 6.02. The maximum absolute atomic E-state index is 8.98. The van der Waals surface area contributed by atoms with Crippen molar-refractivity contribution in [2.75, 3.05) is 52.4 Å². The molecule has 0 aromatic heterocycles. The summed E-state index contributed by atoms with van der Waals surface area (Å²) in [6, 6.07) is 0. The summed E-state index contributed by atoms with van der Waals surface area (Å²) in [5.74, 6) is 0.403. The molecule has 1 saturated heterocycles. The summed E-state index contributed by atoms with van der Waals surface area (Å²) in [5.41, 5.74) is 5.49. The second kappa shape index (κ2) is 7.17. The molecule has 1 aliphatic heterocycles. The summed E-state index contributed by atoms with van der Waals surface area (Å²) < 4.78 is 0. The zero-order valence-corrected chi connectivity index (χ0v) is 9.86. The van der Waals surface area contributed by atoms with Gasteiger partial charge >= 0.3 is 0 Å². The Hall–Kier alpha value is -0.160. The number of piperazine rings is 1. The molecular weight excluding hydrogens is 190 g/mol. The minimum atomic E-state index is 0.299. The molecule has 0 spiro atoms. The Kier molecular flexibility index (Phi) is 6.17. The molecule has 1 atom stereocenters. The van der Waals surface area contributed by atoms with Crippen molar-refractivity contribution >= 4 is 0 Å². The van der Waals surface area contributed by atoms with Crippen molar-refractivity contribution in [1.82, 2.24) is 9.80 Å². The van der Waals surface area contributed by atoms with E-state index in [1.54, 1.807) is 0 Å². The molecule has 4 nitrogen and oxygen atoms in total. The van der Waals surface area contributed by atoms with Gasteiger partial charge in [-0.15, -0.1) is 0 Å². The number of aliphatic hydroxyl groups is 1. The first-order valence-corrected chi connectivity index (χ1v) is 6.02. The monoisotopic (exact) mass is 215 g/mol. The first-order chi connectivity index (χ1) is 7.26. The van der Waals surface area contributed by atoms with Crippen LogP contribution in [-0.4, -0.2) is 67.3 Å². The molecule has 1 aliphatic rings. The Morgan fingerprint density at radius 1 is 1.20 bits per heavy atom. The maximum atomic E-state index is 8.98. The van der Waals surface area contributed by atoms with Gasteiger partial charge in [-0.3, -0.25) is 0 Å². The van der Waals surface area contributed by atoms with Crippen molar-refractivity contribution in [3.63, 3.8) is 0 Å². The van der Waals surface area contributed by atoms with Crippen molar-refractivity contribution in [2.24, 2.45) is 11.7 Å². The largest absolute Gasteiger partial charge is 0.396 e. The van der Waals surface area contributed by atoms with Crippen molar-refractivity contribution in [1.29, 1.82) is 0 Å². The zero-order valence-electron chi connectivity index (χ0n) is 9.86. The third kappa shape index (κ3) is 4.93. The smallest absolute Gasteiger partial charge is 0.0468 e. The summed E-state index contributed by atoms with van der Waals surface area (Å²) in [5, 5.41) is 8.98. The fraction of sp³-hybridized carbons (Fsp3) is 1.00. The predicted molar refractivity (Wildman–Crippen MR) is 62.8 cm³/mol. The Morgan fingerprint density at radius 2 is 1.80 bits per heavy atom. The highest BCUT2D eigenvalue weighted by atomic mass is 16.3. The molecule has 0 aromatic carbocycles. The highest BCUT2D eigenvalue weighted by Crippen LogP contribution is 2.05. The zero-order chi connectivity index (χ0) is 11.1. The van der Waals surface area contributed by atoms with Gasteiger partial charge in [-0.1, -0.05) is 6.92 Å². The van der Waals surface area contributed by atoms with Crippen LogP contribution in [-0.2, 0) is 0 Å². The quantitative estimate of drug-likeness (QED) is 0.632. The van der Waals surface area contributed by atoms with E-state index in [4.69, 9.17) is 10.8 Å². The second-order valence-electron chi connectivity index (χ2n) is 4.57. The van der Waals surface area contributed by atoms with Crippen molar-refractivity contribution in [2.45, 2.75) is 13.3 Å². The third-order valence-electron chi connectivity index (χ3n) is 3.02. The number of nitrogens with zero attached hydrogens (tertiary/aromatic N) is 2. The van der Waals surface area contributed by atoms with E-state index in [-0.39, 0.29) is 0 Å². The number of hydrogen-bond acceptors (Lipinski definition) is 4. The van der Waals surface area contributed by atoms with Gasteiger partial charge in [-0.25, -0.2) is 0 Å². The normalized spacial score (nSPS) is 21.8. The highest BCUT2D eigenvalue weighted by molar-refractivity contribution is 4.73. The second-order valence-corrected chi connectivity index (χ2v) is 4.57. The van der Waals surface area contributed by atoms with E-state index in [0.29, 0.717) is 12.5 Å². The van der Waals surface area contributed by atoms with Crippen LogP contribution in [0.2, 0.25) is 0 Å². The van der Waals surface area contributed by atoms with Crippen molar-refractivity contribution in [3.05, 3.63) is 0 Å². The fourth-order valence-corrected chi connectivity index (χ4v) is 2.01. The molecule has 1 rings (SSSR count). The van der Waals surface area contributed by atoms with E-state index >= 15 is 0 Å². The van der Waals surface area contributed by atoms with Crippen LogP contribution in [0.25, 0.3) is 0 Å². The Labute approximate surface area is 93.0 Å². The summed E-state index contributed by atoms with van der Waals surface area (Å²) in [7, 11) is 0. The minimum absolute atomic E-state index is 0.299. The van der Waals surface area contributed by atoms with Gasteiger partial charge in [0.25, 0.3) is 0 Å². The van der Waals surface area contributed by atoms with E-state index in [2.05, 4.69) is 16.7 Å². The molecule has 0 amide bonds. The summed E-state index contributed by atoms with van der Waals surface area (Å²) >= 11 is 0. The Morgan fingerprint density at radius 3 is 2.33 bits per heavy atom. The lowest BCUT2D eigenvalue weighted by atomic mass is 10.1. The lowest BCUT2D eigenvalue weighted by molar-refractivity contribution is 0.105. The molecular formula is C11H25N3O. The van der Waals surface area contributed by atoms with E-state index in [1.165, 1.54) is 0 Å². The lowest BCUT2D eigenvalue weighted by Crippen LogP contribution is -2.48. The molecule has 3 N–H and O–H groups in total. The topological polar surface area (TPSA) is 52.7 Å².